The maximum Gasteiger partial charge on any atom is 0.119 e. The molecule has 0 aliphatic carbocycles. The monoisotopic (exact) mass is 269 g/mol. The predicted molar refractivity (Wildman–Crippen MR) is 79.1 cm³/mol. The molecule has 1 heterocycles. The summed E-state index contributed by atoms with van der Waals surface area (Å²) in [4.78, 5) is 2.41. The van der Waals surface area contributed by atoms with Crippen molar-refractivity contribution in [3.63, 3.8) is 0 Å². The Morgan fingerprint density at radius 2 is 1.75 bits per heavy atom. The van der Waals surface area contributed by atoms with Crippen LogP contribution in [-0.4, -0.2) is 31.2 Å². The minimum atomic E-state index is 0.539. The van der Waals surface area contributed by atoms with Crippen molar-refractivity contribution in [3.05, 3.63) is 60.2 Å². The summed E-state index contributed by atoms with van der Waals surface area (Å²) in [6, 6.07) is 18.8. The van der Waals surface area contributed by atoms with Crippen LogP contribution < -0.4 is 9.47 Å². The molecule has 0 bridgehead atoms. The van der Waals surface area contributed by atoms with Gasteiger partial charge in [0.1, 0.15) is 18.1 Å². The van der Waals surface area contributed by atoms with Gasteiger partial charge >= 0.3 is 0 Å². The second-order valence-electron chi connectivity index (χ2n) is 5.06. The third-order valence-electron chi connectivity index (χ3n) is 3.56. The van der Waals surface area contributed by atoms with Crippen LogP contribution in [0.15, 0.2) is 54.6 Å². The van der Waals surface area contributed by atoms with Crippen molar-refractivity contribution >= 4 is 0 Å². The molecule has 1 fully saturated rings. The molecule has 3 heteroatoms. The van der Waals surface area contributed by atoms with Crippen LogP contribution in [0.2, 0.25) is 0 Å². The van der Waals surface area contributed by atoms with Crippen molar-refractivity contribution < 1.29 is 9.47 Å². The maximum atomic E-state index is 5.77. The van der Waals surface area contributed by atoms with Crippen LogP contribution in [0.3, 0.4) is 0 Å². The second-order valence-corrected chi connectivity index (χ2v) is 5.06. The van der Waals surface area contributed by atoms with E-state index in [9.17, 15) is 0 Å². The minimum absolute atomic E-state index is 0.539. The Bertz CT molecular complexity index is 539. The average molecular weight is 269 g/mol. The Morgan fingerprint density at radius 1 is 1.00 bits per heavy atom. The van der Waals surface area contributed by atoms with Gasteiger partial charge in [-0.1, -0.05) is 30.3 Å². The van der Waals surface area contributed by atoms with Crippen molar-refractivity contribution in [2.24, 2.45) is 0 Å². The highest BCUT2D eigenvalue weighted by Crippen LogP contribution is 2.23. The molecule has 1 saturated heterocycles. The van der Waals surface area contributed by atoms with Gasteiger partial charge in [0.15, 0.2) is 0 Å². The summed E-state index contributed by atoms with van der Waals surface area (Å²) in [7, 11) is 1.69. The molecule has 0 N–H and O–H groups in total. The van der Waals surface area contributed by atoms with Crippen LogP contribution in [0.1, 0.15) is 5.56 Å². The number of hydrogen-bond acceptors (Lipinski definition) is 3. The number of hydrogen-bond donors (Lipinski definition) is 0. The van der Waals surface area contributed by atoms with Crippen molar-refractivity contribution in [1.82, 2.24) is 4.90 Å². The first-order valence-corrected chi connectivity index (χ1v) is 6.90. The van der Waals surface area contributed by atoms with E-state index in [1.165, 1.54) is 5.56 Å². The lowest BCUT2D eigenvalue weighted by atomic mass is 10.2. The Balaban J connectivity index is 1.45. The Labute approximate surface area is 119 Å². The van der Waals surface area contributed by atoms with Gasteiger partial charge in [-0.25, -0.2) is 0 Å². The zero-order valence-electron chi connectivity index (χ0n) is 11.7. The number of methoxy groups -OCH3 is 1. The normalized spacial score (nSPS) is 20.4. The lowest BCUT2D eigenvalue weighted by Crippen LogP contribution is -2.10. The molecule has 3 rings (SSSR count). The molecule has 2 aromatic carbocycles. The molecule has 0 spiro atoms. The SMILES string of the molecule is COc1ccc(CN2CC2COc2ccccc2)cc1. The summed E-state index contributed by atoms with van der Waals surface area (Å²) in [5.74, 6) is 1.85. The van der Waals surface area contributed by atoms with Gasteiger partial charge in [-0.05, 0) is 29.8 Å². The van der Waals surface area contributed by atoms with E-state index >= 15 is 0 Å². The first kappa shape index (κ1) is 13.0. The highest BCUT2D eigenvalue weighted by Gasteiger charge is 2.34. The number of ether oxygens (including phenoxy) is 2. The second kappa shape index (κ2) is 5.97. The standard InChI is InChI=1S/C17H19NO2/c1-19-16-9-7-14(8-10-16)11-18-12-15(18)13-20-17-5-3-2-4-6-17/h2-10,15H,11-13H2,1H3. The smallest absolute Gasteiger partial charge is 0.119 e. The number of rotatable bonds is 6. The van der Waals surface area contributed by atoms with E-state index in [1.54, 1.807) is 7.11 Å². The van der Waals surface area contributed by atoms with E-state index in [0.29, 0.717) is 6.04 Å². The highest BCUT2D eigenvalue weighted by atomic mass is 16.5. The topological polar surface area (TPSA) is 21.5 Å². The summed E-state index contributed by atoms with van der Waals surface area (Å²) < 4.78 is 10.9. The largest absolute Gasteiger partial charge is 0.497 e. The fourth-order valence-electron chi connectivity index (χ4n) is 2.25. The Kier molecular flexibility index (Phi) is 3.88. The lowest BCUT2D eigenvalue weighted by Gasteiger charge is -2.07. The molecular formula is C17H19NO2. The van der Waals surface area contributed by atoms with Gasteiger partial charge < -0.3 is 9.47 Å². The van der Waals surface area contributed by atoms with E-state index in [1.807, 2.05) is 42.5 Å². The van der Waals surface area contributed by atoms with Crippen LogP contribution in [0.25, 0.3) is 0 Å². The molecule has 20 heavy (non-hydrogen) atoms. The third-order valence-corrected chi connectivity index (χ3v) is 3.56. The van der Waals surface area contributed by atoms with Gasteiger partial charge in [-0.2, -0.15) is 0 Å². The Morgan fingerprint density at radius 3 is 2.45 bits per heavy atom. The number of benzene rings is 2. The average Bonchev–Trinajstić information content (AvgIpc) is 3.25. The lowest BCUT2D eigenvalue weighted by molar-refractivity contribution is 0.293. The van der Waals surface area contributed by atoms with Crippen LogP contribution >= 0.6 is 0 Å². The fourth-order valence-corrected chi connectivity index (χ4v) is 2.25. The number of para-hydroxylation sites is 1. The molecule has 3 nitrogen and oxygen atoms in total. The predicted octanol–water partition coefficient (Wildman–Crippen LogP) is 2.96. The van der Waals surface area contributed by atoms with Crippen LogP contribution in [0.5, 0.6) is 11.5 Å². The van der Waals surface area contributed by atoms with E-state index in [4.69, 9.17) is 9.47 Å². The molecule has 0 amide bonds. The summed E-state index contributed by atoms with van der Waals surface area (Å²) in [5, 5.41) is 0. The van der Waals surface area contributed by atoms with Gasteiger partial charge in [0.2, 0.25) is 0 Å². The van der Waals surface area contributed by atoms with Gasteiger partial charge in [0.25, 0.3) is 0 Å². The summed E-state index contributed by atoms with van der Waals surface area (Å²) in [6.07, 6.45) is 0. The van der Waals surface area contributed by atoms with Crippen LogP contribution in [0, 0.1) is 0 Å². The van der Waals surface area contributed by atoms with Crippen LogP contribution in [0.4, 0.5) is 0 Å². The highest BCUT2D eigenvalue weighted by molar-refractivity contribution is 5.27. The quantitative estimate of drug-likeness (QED) is 0.752. The Hall–Kier alpha value is -2.00. The molecular weight excluding hydrogens is 250 g/mol. The maximum absolute atomic E-state index is 5.77. The summed E-state index contributed by atoms with van der Waals surface area (Å²) >= 11 is 0. The van der Waals surface area contributed by atoms with Gasteiger partial charge in [-0.3, -0.25) is 4.90 Å². The molecule has 1 aliphatic rings. The number of nitrogens with zero attached hydrogens (tertiary/aromatic N) is 1. The molecule has 0 radical (unpaired) electrons. The van der Waals surface area contributed by atoms with Crippen molar-refractivity contribution in [1.29, 1.82) is 0 Å². The molecule has 0 saturated carbocycles. The first-order valence-electron chi connectivity index (χ1n) is 6.90. The van der Waals surface area contributed by atoms with E-state index < -0.39 is 0 Å². The van der Waals surface area contributed by atoms with E-state index in [0.717, 1.165) is 31.2 Å². The fraction of sp³-hybridized carbons (Fsp3) is 0.294. The molecule has 0 aromatic heterocycles. The van der Waals surface area contributed by atoms with Gasteiger partial charge in [0.05, 0.1) is 13.2 Å². The van der Waals surface area contributed by atoms with Crippen LogP contribution in [-0.2, 0) is 6.54 Å². The summed E-state index contributed by atoms with van der Waals surface area (Å²) in [5.41, 5.74) is 1.31. The van der Waals surface area contributed by atoms with E-state index in [-0.39, 0.29) is 0 Å². The van der Waals surface area contributed by atoms with Crippen molar-refractivity contribution in [2.75, 3.05) is 20.3 Å². The molecule has 1 aliphatic heterocycles. The summed E-state index contributed by atoms with van der Waals surface area (Å²) in [6.45, 7) is 2.85. The molecule has 104 valence electrons. The van der Waals surface area contributed by atoms with Crippen molar-refractivity contribution in [2.45, 2.75) is 12.6 Å². The van der Waals surface area contributed by atoms with Crippen molar-refractivity contribution in [3.8, 4) is 11.5 Å². The zero-order valence-corrected chi connectivity index (χ0v) is 11.7. The molecule has 2 unspecified atom stereocenters. The first-order chi connectivity index (χ1) is 9.85. The molecule has 2 aromatic rings. The zero-order chi connectivity index (χ0) is 13.8. The molecule has 2 atom stereocenters. The van der Waals surface area contributed by atoms with Gasteiger partial charge in [0, 0.05) is 13.1 Å². The third kappa shape index (κ3) is 3.31. The minimum Gasteiger partial charge on any atom is -0.497 e. The van der Waals surface area contributed by atoms with Gasteiger partial charge in [-0.15, -0.1) is 0 Å². The van der Waals surface area contributed by atoms with E-state index in [2.05, 4.69) is 17.0 Å².